The fraction of sp³-hybridized carbons (Fsp3) is 0.111. The van der Waals surface area contributed by atoms with E-state index in [9.17, 15) is 9.18 Å². The number of hydrogen-bond acceptors (Lipinski definition) is 4. The van der Waals surface area contributed by atoms with Gasteiger partial charge in [0, 0.05) is 10.9 Å². The van der Waals surface area contributed by atoms with Gasteiger partial charge in [-0.25, -0.2) is 14.2 Å². The average Bonchev–Trinajstić information content (AvgIpc) is 2.61. The van der Waals surface area contributed by atoms with E-state index < -0.39 is 11.8 Å². The summed E-state index contributed by atoms with van der Waals surface area (Å²) in [6.07, 6.45) is 0. The molecule has 0 saturated carbocycles. The van der Waals surface area contributed by atoms with Crippen LogP contribution in [0.25, 0.3) is 22.2 Å². The highest BCUT2D eigenvalue weighted by atomic mass is 19.1. The molecule has 0 saturated heterocycles. The number of carbonyl (C=O) groups excluding carboxylic acids is 1. The third kappa shape index (κ3) is 2.61. The molecule has 1 heterocycles. The van der Waals surface area contributed by atoms with Gasteiger partial charge in [-0.05, 0) is 18.2 Å². The molecule has 1 aromatic heterocycles. The number of rotatable bonds is 3. The number of ether oxygens (including phenoxy) is 2. The van der Waals surface area contributed by atoms with Crippen LogP contribution in [-0.2, 0) is 4.74 Å². The summed E-state index contributed by atoms with van der Waals surface area (Å²) in [7, 11) is 2.71. The van der Waals surface area contributed by atoms with Crippen molar-refractivity contribution < 1.29 is 18.7 Å². The predicted octanol–water partition coefficient (Wildman–Crippen LogP) is 3.84. The molecule has 0 fully saturated rings. The Morgan fingerprint density at radius 1 is 1.09 bits per heavy atom. The molecule has 0 radical (unpaired) electrons. The van der Waals surface area contributed by atoms with Gasteiger partial charge in [0.15, 0.2) is 11.6 Å². The van der Waals surface area contributed by atoms with E-state index in [-0.39, 0.29) is 11.4 Å². The summed E-state index contributed by atoms with van der Waals surface area (Å²) in [5.41, 5.74) is 1.62. The largest absolute Gasteiger partial charge is 0.493 e. The number of pyridine rings is 1. The lowest BCUT2D eigenvalue weighted by atomic mass is 10.1. The van der Waals surface area contributed by atoms with Crippen LogP contribution in [0.2, 0.25) is 0 Å². The number of esters is 1. The summed E-state index contributed by atoms with van der Waals surface area (Å²) in [5.74, 6) is -0.902. The summed E-state index contributed by atoms with van der Waals surface area (Å²) in [4.78, 5) is 16.0. The van der Waals surface area contributed by atoms with Crippen molar-refractivity contribution >= 4 is 16.9 Å². The molecule has 23 heavy (non-hydrogen) atoms. The Bertz CT molecular complexity index is 878. The van der Waals surface area contributed by atoms with Gasteiger partial charge in [0.05, 0.1) is 25.3 Å². The van der Waals surface area contributed by atoms with Gasteiger partial charge < -0.3 is 9.47 Å². The van der Waals surface area contributed by atoms with Crippen molar-refractivity contribution in [3.8, 4) is 17.0 Å². The fourth-order valence-corrected chi connectivity index (χ4v) is 2.44. The SMILES string of the molecule is COC(=O)c1ccc2c(OC)c(F)c(-c3ccccc3)nc2c1. The van der Waals surface area contributed by atoms with Crippen LogP contribution in [-0.4, -0.2) is 25.2 Å². The molecule has 0 bridgehead atoms. The number of nitrogens with zero attached hydrogens (tertiary/aromatic N) is 1. The third-order valence-corrected chi connectivity index (χ3v) is 3.55. The molecule has 5 heteroatoms. The molecule has 2 aromatic carbocycles. The minimum Gasteiger partial charge on any atom is -0.493 e. The second-order valence-corrected chi connectivity index (χ2v) is 4.90. The molecule has 0 unspecified atom stereocenters. The van der Waals surface area contributed by atoms with E-state index in [1.165, 1.54) is 14.2 Å². The molecule has 0 atom stereocenters. The van der Waals surface area contributed by atoms with Crippen LogP contribution in [0.15, 0.2) is 48.5 Å². The molecule has 0 aliphatic rings. The van der Waals surface area contributed by atoms with Crippen molar-refractivity contribution in [2.24, 2.45) is 0 Å². The van der Waals surface area contributed by atoms with Crippen molar-refractivity contribution in [3.63, 3.8) is 0 Å². The third-order valence-electron chi connectivity index (χ3n) is 3.55. The van der Waals surface area contributed by atoms with Gasteiger partial charge in [-0.1, -0.05) is 30.3 Å². The second-order valence-electron chi connectivity index (χ2n) is 4.90. The molecular weight excluding hydrogens is 297 g/mol. The Morgan fingerprint density at radius 3 is 2.48 bits per heavy atom. The van der Waals surface area contributed by atoms with E-state index in [1.54, 1.807) is 42.5 Å². The van der Waals surface area contributed by atoms with Crippen molar-refractivity contribution in [2.75, 3.05) is 14.2 Å². The van der Waals surface area contributed by atoms with Gasteiger partial charge in [-0.2, -0.15) is 0 Å². The van der Waals surface area contributed by atoms with Crippen LogP contribution in [0.1, 0.15) is 10.4 Å². The van der Waals surface area contributed by atoms with Crippen LogP contribution in [0.3, 0.4) is 0 Å². The average molecular weight is 311 g/mol. The van der Waals surface area contributed by atoms with Crippen LogP contribution in [0.5, 0.6) is 5.75 Å². The Labute approximate surface area is 132 Å². The van der Waals surface area contributed by atoms with E-state index in [0.717, 1.165) is 0 Å². The lowest BCUT2D eigenvalue weighted by Crippen LogP contribution is -2.02. The highest BCUT2D eigenvalue weighted by molar-refractivity contribution is 5.96. The van der Waals surface area contributed by atoms with Gasteiger partial charge in [0.1, 0.15) is 5.69 Å². The summed E-state index contributed by atoms with van der Waals surface area (Å²) in [6, 6.07) is 13.7. The quantitative estimate of drug-likeness (QED) is 0.690. The minimum atomic E-state index is -0.531. The lowest BCUT2D eigenvalue weighted by Gasteiger charge is -2.11. The van der Waals surface area contributed by atoms with E-state index in [2.05, 4.69) is 4.98 Å². The lowest BCUT2D eigenvalue weighted by molar-refractivity contribution is 0.0601. The molecule has 0 spiro atoms. The summed E-state index contributed by atoms with van der Waals surface area (Å²) >= 11 is 0. The van der Waals surface area contributed by atoms with Gasteiger partial charge in [-0.3, -0.25) is 0 Å². The number of aromatic nitrogens is 1. The maximum atomic E-state index is 14.7. The van der Waals surface area contributed by atoms with Gasteiger partial charge in [0.25, 0.3) is 0 Å². The van der Waals surface area contributed by atoms with Gasteiger partial charge in [-0.15, -0.1) is 0 Å². The smallest absolute Gasteiger partial charge is 0.337 e. The fourth-order valence-electron chi connectivity index (χ4n) is 2.44. The van der Waals surface area contributed by atoms with Crippen LogP contribution >= 0.6 is 0 Å². The summed E-state index contributed by atoms with van der Waals surface area (Å²) in [5, 5.41) is 0.498. The molecule has 0 amide bonds. The maximum Gasteiger partial charge on any atom is 0.337 e. The minimum absolute atomic E-state index is 0.102. The molecular formula is C18H14FNO3. The second kappa shape index (κ2) is 6.04. The number of fused-ring (bicyclic) bond motifs is 1. The van der Waals surface area contributed by atoms with Crippen molar-refractivity contribution in [3.05, 3.63) is 59.9 Å². The van der Waals surface area contributed by atoms with E-state index in [0.29, 0.717) is 22.0 Å². The molecule has 3 rings (SSSR count). The Hall–Kier alpha value is -2.95. The molecule has 0 aliphatic carbocycles. The van der Waals surface area contributed by atoms with E-state index in [1.807, 2.05) is 6.07 Å². The van der Waals surface area contributed by atoms with Crippen molar-refractivity contribution in [1.29, 1.82) is 0 Å². The number of carbonyl (C=O) groups is 1. The normalized spacial score (nSPS) is 10.6. The number of methoxy groups -OCH3 is 2. The van der Waals surface area contributed by atoms with Crippen LogP contribution in [0, 0.1) is 5.82 Å². The Balaban J connectivity index is 2.29. The standard InChI is InChI=1S/C18H14FNO3/c1-22-17-13-9-8-12(18(21)23-2)10-14(13)20-16(15(17)19)11-6-4-3-5-7-11/h3-10H,1-2H3. The summed E-state index contributed by atoms with van der Waals surface area (Å²) < 4.78 is 24.7. The number of halogens is 1. The van der Waals surface area contributed by atoms with Crippen LogP contribution < -0.4 is 4.74 Å². The van der Waals surface area contributed by atoms with Crippen molar-refractivity contribution in [2.45, 2.75) is 0 Å². The van der Waals surface area contributed by atoms with Crippen LogP contribution in [0.4, 0.5) is 4.39 Å². The topological polar surface area (TPSA) is 48.4 Å². The van der Waals surface area contributed by atoms with E-state index >= 15 is 0 Å². The first kappa shape index (κ1) is 15.0. The van der Waals surface area contributed by atoms with Crippen molar-refractivity contribution in [1.82, 2.24) is 4.98 Å². The first-order valence-electron chi connectivity index (χ1n) is 6.96. The first-order valence-corrected chi connectivity index (χ1v) is 6.96. The van der Waals surface area contributed by atoms with Gasteiger partial charge >= 0.3 is 5.97 Å². The maximum absolute atomic E-state index is 14.7. The zero-order valence-electron chi connectivity index (χ0n) is 12.7. The zero-order valence-corrected chi connectivity index (χ0v) is 12.7. The Kier molecular flexibility index (Phi) is 3.93. The number of hydrogen-bond donors (Lipinski definition) is 0. The molecule has 3 aromatic rings. The predicted molar refractivity (Wildman–Crippen MR) is 85.0 cm³/mol. The molecule has 0 aliphatic heterocycles. The molecule has 4 nitrogen and oxygen atoms in total. The molecule has 0 N–H and O–H groups in total. The highest BCUT2D eigenvalue weighted by Crippen LogP contribution is 2.34. The Morgan fingerprint density at radius 2 is 1.83 bits per heavy atom. The monoisotopic (exact) mass is 311 g/mol. The van der Waals surface area contributed by atoms with E-state index in [4.69, 9.17) is 9.47 Å². The molecule has 116 valence electrons. The number of benzene rings is 2. The highest BCUT2D eigenvalue weighted by Gasteiger charge is 2.18. The van der Waals surface area contributed by atoms with Gasteiger partial charge in [0.2, 0.25) is 0 Å². The zero-order chi connectivity index (χ0) is 16.4. The first-order chi connectivity index (χ1) is 11.2. The summed E-state index contributed by atoms with van der Waals surface area (Å²) in [6.45, 7) is 0.